The van der Waals surface area contributed by atoms with E-state index in [0.717, 1.165) is 22.5 Å². The summed E-state index contributed by atoms with van der Waals surface area (Å²) >= 11 is 0. The second-order valence-electron chi connectivity index (χ2n) is 5.93. The number of fused-ring (bicyclic) bond motifs is 1. The summed E-state index contributed by atoms with van der Waals surface area (Å²) in [6.07, 6.45) is 1.81. The number of ether oxygens (including phenoxy) is 1. The molecule has 8 heteroatoms. The van der Waals surface area contributed by atoms with Crippen molar-refractivity contribution in [3.8, 4) is 17.5 Å². The molecule has 0 fully saturated rings. The van der Waals surface area contributed by atoms with Gasteiger partial charge in [-0.05, 0) is 36.4 Å². The molecule has 0 spiro atoms. The second kappa shape index (κ2) is 7.63. The first-order chi connectivity index (χ1) is 13.8. The molecular formula is C20H17N7O. The maximum atomic E-state index is 9.08. The lowest BCUT2D eigenvalue weighted by atomic mass is 10.3. The first kappa shape index (κ1) is 17.3. The third kappa shape index (κ3) is 3.41. The zero-order valence-corrected chi connectivity index (χ0v) is 15.1. The minimum atomic E-state index is 0.104. The van der Waals surface area contributed by atoms with Gasteiger partial charge in [0.2, 0.25) is 0 Å². The fourth-order valence-electron chi connectivity index (χ4n) is 2.76. The molecule has 2 heterocycles. The highest BCUT2D eigenvalue weighted by atomic mass is 16.5. The highest BCUT2D eigenvalue weighted by molar-refractivity contribution is 5.88. The third-order valence-corrected chi connectivity index (χ3v) is 4.13. The van der Waals surface area contributed by atoms with Crippen LogP contribution in [0.1, 0.15) is 5.82 Å². The number of nitrogens with one attached hydrogen (secondary N) is 2. The van der Waals surface area contributed by atoms with Crippen LogP contribution < -0.4 is 15.6 Å². The van der Waals surface area contributed by atoms with Gasteiger partial charge in [-0.2, -0.15) is 10.4 Å². The topological polar surface area (TPSA) is 101 Å². The van der Waals surface area contributed by atoms with Crippen LogP contribution in [-0.4, -0.2) is 26.9 Å². The van der Waals surface area contributed by atoms with Crippen LogP contribution in [0.3, 0.4) is 0 Å². The van der Waals surface area contributed by atoms with Gasteiger partial charge >= 0.3 is 0 Å². The standard InChI is InChI=1S/C20H17N7O/c1-28-16-9-7-14(8-10-16)25-26-19-17-13-22-27(15-5-3-2-4-6-15)20(17)24-18(23-19)11-12-21/h2-10,13,25H,11H2,1H3,(H,23,24,26). The molecule has 0 aliphatic rings. The molecule has 28 heavy (non-hydrogen) atoms. The number of nitrogens with zero attached hydrogens (tertiary/aromatic N) is 5. The number of aromatic nitrogens is 4. The Bertz CT molecular complexity index is 1130. The third-order valence-electron chi connectivity index (χ3n) is 4.13. The van der Waals surface area contributed by atoms with Gasteiger partial charge in [0.25, 0.3) is 0 Å². The summed E-state index contributed by atoms with van der Waals surface area (Å²) in [6.45, 7) is 0. The van der Waals surface area contributed by atoms with Crippen molar-refractivity contribution in [2.75, 3.05) is 18.0 Å². The molecule has 0 unspecified atom stereocenters. The van der Waals surface area contributed by atoms with Crippen LogP contribution in [0, 0.1) is 11.3 Å². The Morgan fingerprint density at radius 1 is 1.04 bits per heavy atom. The van der Waals surface area contributed by atoms with Crippen LogP contribution in [-0.2, 0) is 6.42 Å². The molecule has 0 saturated carbocycles. The van der Waals surface area contributed by atoms with E-state index >= 15 is 0 Å². The summed E-state index contributed by atoms with van der Waals surface area (Å²) < 4.78 is 6.90. The highest BCUT2D eigenvalue weighted by Gasteiger charge is 2.14. The van der Waals surface area contributed by atoms with Crippen molar-refractivity contribution >= 4 is 22.5 Å². The van der Waals surface area contributed by atoms with E-state index in [0.29, 0.717) is 17.3 Å². The van der Waals surface area contributed by atoms with Gasteiger partial charge in [0.15, 0.2) is 11.5 Å². The average Bonchev–Trinajstić information content (AvgIpc) is 3.17. The molecule has 0 atom stereocenters. The molecule has 4 rings (SSSR count). The largest absolute Gasteiger partial charge is 0.497 e. The molecular weight excluding hydrogens is 354 g/mol. The van der Waals surface area contributed by atoms with E-state index in [4.69, 9.17) is 10.00 Å². The first-order valence-electron chi connectivity index (χ1n) is 8.61. The average molecular weight is 371 g/mol. The molecule has 0 amide bonds. The summed E-state index contributed by atoms with van der Waals surface area (Å²) in [5, 5.41) is 14.3. The Morgan fingerprint density at radius 2 is 1.82 bits per heavy atom. The SMILES string of the molecule is COc1ccc(NNc2nc(CC#N)nc3c2cnn3-c2ccccc2)cc1. The van der Waals surface area contributed by atoms with E-state index in [1.54, 1.807) is 18.0 Å². The summed E-state index contributed by atoms with van der Waals surface area (Å²) in [5.41, 5.74) is 8.56. The Hall–Kier alpha value is -4.12. The van der Waals surface area contributed by atoms with Gasteiger partial charge in [-0.15, -0.1) is 0 Å². The number of hydrazine groups is 1. The maximum absolute atomic E-state index is 9.08. The monoisotopic (exact) mass is 371 g/mol. The van der Waals surface area contributed by atoms with Crippen LogP contribution in [0.5, 0.6) is 5.75 Å². The van der Waals surface area contributed by atoms with E-state index in [1.165, 1.54) is 0 Å². The Kier molecular flexibility index (Phi) is 4.72. The molecule has 0 aliphatic heterocycles. The number of nitriles is 1. The molecule has 4 aromatic rings. The molecule has 8 nitrogen and oxygen atoms in total. The van der Waals surface area contributed by atoms with E-state index in [9.17, 15) is 0 Å². The molecule has 0 saturated heterocycles. The molecule has 138 valence electrons. The van der Waals surface area contributed by atoms with Crippen molar-refractivity contribution < 1.29 is 4.74 Å². The van der Waals surface area contributed by atoms with Gasteiger partial charge < -0.3 is 4.74 Å². The fourth-order valence-corrected chi connectivity index (χ4v) is 2.76. The minimum absolute atomic E-state index is 0.104. The molecule has 2 N–H and O–H groups in total. The lowest BCUT2D eigenvalue weighted by Crippen LogP contribution is -2.12. The Balaban J connectivity index is 1.70. The summed E-state index contributed by atoms with van der Waals surface area (Å²) in [4.78, 5) is 8.98. The maximum Gasteiger partial charge on any atom is 0.168 e. The van der Waals surface area contributed by atoms with Crippen molar-refractivity contribution in [2.45, 2.75) is 6.42 Å². The van der Waals surface area contributed by atoms with E-state index < -0.39 is 0 Å². The number of hydrogen-bond acceptors (Lipinski definition) is 7. The second-order valence-corrected chi connectivity index (χ2v) is 5.93. The number of hydrogen-bond donors (Lipinski definition) is 2. The van der Waals surface area contributed by atoms with Crippen LogP contribution in [0.4, 0.5) is 11.5 Å². The Labute approximate surface area is 161 Å². The summed E-state index contributed by atoms with van der Waals surface area (Å²) in [7, 11) is 1.62. The van der Waals surface area contributed by atoms with E-state index in [2.05, 4.69) is 32.0 Å². The van der Waals surface area contributed by atoms with Crippen LogP contribution >= 0.6 is 0 Å². The summed E-state index contributed by atoms with van der Waals surface area (Å²) in [6, 6.07) is 19.3. The number of methoxy groups -OCH3 is 1. The molecule has 0 aliphatic carbocycles. The van der Waals surface area contributed by atoms with Gasteiger partial charge in [-0.1, -0.05) is 18.2 Å². The van der Waals surface area contributed by atoms with Crippen molar-refractivity contribution in [3.05, 3.63) is 66.6 Å². The number of rotatable bonds is 6. The molecule has 0 bridgehead atoms. The zero-order valence-electron chi connectivity index (χ0n) is 15.1. The van der Waals surface area contributed by atoms with Crippen LogP contribution in [0.25, 0.3) is 16.7 Å². The molecule has 0 radical (unpaired) electrons. The van der Waals surface area contributed by atoms with Crippen molar-refractivity contribution in [3.63, 3.8) is 0 Å². The molecule has 2 aromatic heterocycles. The number of benzene rings is 2. The highest BCUT2D eigenvalue weighted by Crippen LogP contribution is 2.23. The van der Waals surface area contributed by atoms with Gasteiger partial charge in [-0.25, -0.2) is 14.6 Å². The lowest BCUT2D eigenvalue weighted by Gasteiger charge is -2.11. The quantitative estimate of drug-likeness (QED) is 0.501. The zero-order chi connectivity index (χ0) is 19.3. The minimum Gasteiger partial charge on any atom is -0.497 e. The lowest BCUT2D eigenvalue weighted by molar-refractivity contribution is 0.415. The fraction of sp³-hybridized carbons (Fsp3) is 0.100. The van der Waals surface area contributed by atoms with Crippen molar-refractivity contribution in [1.29, 1.82) is 5.26 Å². The van der Waals surface area contributed by atoms with Crippen LogP contribution in [0.2, 0.25) is 0 Å². The molecule has 2 aromatic carbocycles. The van der Waals surface area contributed by atoms with Gasteiger partial charge in [-0.3, -0.25) is 10.9 Å². The number of para-hydroxylation sites is 1. The van der Waals surface area contributed by atoms with Gasteiger partial charge in [0.1, 0.15) is 11.6 Å². The van der Waals surface area contributed by atoms with Crippen LogP contribution in [0.15, 0.2) is 60.8 Å². The first-order valence-corrected chi connectivity index (χ1v) is 8.61. The van der Waals surface area contributed by atoms with E-state index in [1.807, 2.05) is 54.6 Å². The van der Waals surface area contributed by atoms with E-state index in [-0.39, 0.29) is 6.42 Å². The summed E-state index contributed by atoms with van der Waals surface area (Å²) in [5.74, 6) is 1.75. The normalized spacial score (nSPS) is 10.4. The predicted octanol–water partition coefficient (Wildman–Crippen LogP) is 3.33. The van der Waals surface area contributed by atoms with Gasteiger partial charge in [0, 0.05) is 0 Å². The van der Waals surface area contributed by atoms with Gasteiger partial charge in [0.05, 0.1) is 42.6 Å². The Morgan fingerprint density at radius 3 is 2.54 bits per heavy atom. The number of anilines is 2. The van der Waals surface area contributed by atoms with Crippen molar-refractivity contribution in [2.24, 2.45) is 0 Å². The smallest absolute Gasteiger partial charge is 0.168 e. The van der Waals surface area contributed by atoms with Crippen molar-refractivity contribution in [1.82, 2.24) is 19.7 Å². The predicted molar refractivity (Wildman–Crippen MR) is 106 cm³/mol.